The van der Waals surface area contributed by atoms with Crippen molar-refractivity contribution in [1.29, 1.82) is 0 Å². The fourth-order valence-corrected chi connectivity index (χ4v) is 1.70. The monoisotopic (exact) mass is 246 g/mol. The number of fused-ring (bicyclic) bond motifs is 1. The number of nitrogens with zero attached hydrogens (tertiary/aromatic N) is 2. The Bertz CT molecular complexity index is 587. The maximum Gasteiger partial charge on any atom is 0.330 e. The number of benzene rings is 1. The molecule has 18 heavy (non-hydrogen) atoms. The molecule has 0 aliphatic rings. The number of aliphatic hydroxyl groups excluding tert-OH is 1. The lowest BCUT2D eigenvalue weighted by molar-refractivity contribution is -0.134. The number of carbonyl (C=O) groups excluding carboxylic acids is 1. The zero-order valence-corrected chi connectivity index (χ0v) is 10.0. The molecule has 0 saturated heterocycles. The SMILES string of the molecule is COC(=O)C=Cc1ccc2c(c1)ncn2CCO. The molecule has 94 valence electrons. The van der Waals surface area contributed by atoms with Crippen molar-refractivity contribution in [2.24, 2.45) is 0 Å². The van der Waals surface area contributed by atoms with Gasteiger partial charge in [-0.15, -0.1) is 0 Å². The molecule has 0 fully saturated rings. The van der Waals surface area contributed by atoms with Crippen molar-refractivity contribution in [3.63, 3.8) is 0 Å². The molecule has 0 bridgehead atoms. The third-order valence-corrected chi connectivity index (χ3v) is 2.60. The number of ether oxygens (including phenoxy) is 1. The van der Waals surface area contributed by atoms with Crippen LogP contribution in [0.2, 0.25) is 0 Å². The summed E-state index contributed by atoms with van der Waals surface area (Å²) in [6, 6.07) is 5.68. The number of hydrogen-bond donors (Lipinski definition) is 1. The van der Waals surface area contributed by atoms with Crippen molar-refractivity contribution in [1.82, 2.24) is 9.55 Å². The maximum atomic E-state index is 11.0. The summed E-state index contributed by atoms with van der Waals surface area (Å²) in [7, 11) is 1.34. The van der Waals surface area contributed by atoms with E-state index >= 15 is 0 Å². The van der Waals surface area contributed by atoms with Gasteiger partial charge in [-0.1, -0.05) is 6.07 Å². The van der Waals surface area contributed by atoms with E-state index in [9.17, 15) is 4.79 Å². The second kappa shape index (κ2) is 5.46. The normalized spacial score (nSPS) is 11.2. The van der Waals surface area contributed by atoms with Crippen molar-refractivity contribution in [3.05, 3.63) is 36.2 Å². The van der Waals surface area contributed by atoms with Gasteiger partial charge in [-0.05, 0) is 23.8 Å². The Morgan fingerprint density at radius 2 is 2.39 bits per heavy atom. The summed E-state index contributed by atoms with van der Waals surface area (Å²) in [5, 5.41) is 8.91. The number of esters is 1. The lowest BCUT2D eigenvalue weighted by Gasteiger charge is -2.00. The summed E-state index contributed by atoms with van der Waals surface area (Å²) < 4.78 is 6.40. The number of aromatic nitrogens is 2. The lowest BCUT2D eigenvalue weighted by Crippen LogP contribution is -1.99. The summed E-state index contributed by atoms with van der Waals surface area (Å²) >= 11 is 0. The van der Waals surface area contributed by atoms with E-state index in [1.807, 2.05) is 22.8 Å². The van der Waals surface area contributed by atoms with E-state index in [1.165, 1.54) is 13.2 Å². The van der Waals surface area contributed by atoms with Crippen LogP contribution in [0.3, 0.4) is 0 Å². The molecule has 0 saturated carbocycles. The van der Waals surface area contributed by atoms with Crippen molar-refractivity contribution < 1.29 is 14.6 Å². The van der Waals surface area contributed by atoms with Crippen LogP contribution in [-0.2, 0) is 16.1 Å². The van der Waals surface area contributed by atoms with Crippen LogP contribution in [-0.4, -0.2) is 34.3 Å². The van der Waals surface area contributed by atoms with Crippen LogP contribution in [0.4, 0.5) is 0 Å². The summed E-state index contributed by atoms with van der Waals surface area (Å²) in [5.41, 5.74) is 2.66. The molecule has 0 spiro atoms. The first-order valence-electron chi connectivity index (χ1n) is 5.56. The first-order valence-corrected chi connectivity index (χ1v) is 5.56. The highest BCUT2D eigenvalue weighted by atomic mass is 16.5. The topological polar surface area (TPSA) is 64.3 Å². The molecule has 0 atom stereocenters. The number of rotatable bonds is 4. The minimum Gasteiger partial charge on any atom is -0.466 e. The number of imidazole rings is 1. The van der Waals surface area contributed by atoms with Gasteiger partial charge in [-0.2, -0.15) is 0 Å². The Morgan fingerprint density at radius 1 is 1.56 bits per heavy atom. The van der Waals surface area contributed by atoms with Gasteiger partial charge in [0.05, 0.1) is 31.1 Å². The molecule has 0 aliphatic heterocycles. The largest absolute Gasteiger partial charge is 0.466 e. The predicted molar refractivity (Wildman–Crippen MR) is 67.9 cm³/mol. The summed E-state index contributed by atoms with van der Waals surface area (Å²) in [5.74, 6) is -0.388. The maximum absolute atomic E-state index is 11.0. The zero-order valence-electron chi connectivity index (χ0n) is 10.0. The highest BCUT2D eigenvalue weighted by molar-refractivity contribution is 5.88. The zero-order chi connectivity index (χ0) is 13.0. The van der Waals surface area contributed by atoms with Crippen LogP contribution in [0.1, 0.15) is 5.56 Å². The Hall–Kier alpha value is -2.14. The second-order valence-corrected chi connectivity index (χ2v) is 3.77. The highest BCUT2D eigenvalue weighted by Gasteiger charge is 2.02. The Balaban J connectivity index is 2.28. The second-order valence-electron chi connectivity index (χ2n) is 3.77. The minimum atomic E-state index is -0.388. The lowest BCUT2D eigenvalue weighted by atomic mass is 10.2. The van der Waals surface area contributed by atoms with Gasteiger partial charge in [-0.3, -0.25) is 0 Å². The summed E-state index contributed by atoms with van der Waals surface area (Å²) in [6.45, 7) is 0.600. The predicted octanol–water partition coefficient (Wildman–Crippen LogP) is 1.21. The molecule has 5 nitrogen and oxygen atoms in total. The molecule has 2 aromatic rings. The Labute approximate surface area is 104 Å². The van der Waals surface area contributed by atoms with Gasteiger partial charge < -0.3 is 14.4 Å². The molecule has 0 radical (unpaired) electrons. The van der Waals surface area contributed by atoms with E-state index < -0.39 is 0 Å². The fraction of sp³-hybridized carbons (Fsp3) is 0.231. The Kier molecular flexibility index (Phi) is 3.74. The van der Waals surface area contributed by atoms with Crippen molar-refractivity contribution >= 4 is 23.1 Å². The smallest absolute Gasteiger partial charge is 0.330 e. The molecule has 0 unspecified atom stereocenters. The molecule has 1 aromatic heterocycles. The average molecular weight is 246 g/mol. The molecule has 5 heteroatoms. The molecular formula is C13H14N2O3. The van der Waals surface area contributed by atoms with Crippen LogP contribution < -0.4 is 0 Å². The van der Waals surface area contributed by atoms with Gasteiger partial charge in [0.2, 0.25) is 0 Å². The minimum absolute atomic E-state index is 0.0788. The van der Waals surface area contributed by atoms with E-state index in [-0.39, 0.29) is 12.6 Å². The fourth-order valence-electron chi connectivity index (χ4n) is 1.70. The average Bonchev–Trinajstić information content (AvgIpc) is 2.79. The number of methoxy groups -OCH3 is 1. The van der Waals surface area contributed by atoms with Gasteiger partial charge in [0.25, 0.3) is 0 Å². The summed E-state index contributed by atoms with van der Waals surface area (Å²) in [4.78, 5) is 15.2. The van der Waals surface area contributed by atoms with Crippen LogP contribution in [0.5, 0.6) is 0 Å². The van der Waals surface area contributed by atoms with Crippen LogP contribution in [0.15, 0.2) is 30.6 Å². The van der Waals surface area contributed by atoms with Crippen LogP contribution >= 0.6 is 0 Å². The molecule has 2 rings (SSSR count). The third-order valence-electron chi connectivity index (χ3n) is 2.60. The molecule has 1 heterocycles. The van der Waals surface area contributed by atoms with E-state index in [0.717, 1.165) is 16.6 Å². The van der Waals surface area contributed by atoms with E-state index in [0.29, 0.717) is 6.54 Å². The molecule has 1 N–H and O–H groups in total. The number of carbonyl (C=O) groups is 1. The molecular weight excluding hydrogens is 232 g/mol. The first-order chi connectivity index (χ1) is 8.74. The number of aliphatic hydroxyl groups is 1. The van der Waals surface area contributed by atoms with Crippen LogP contribution in [0.25, 0.3) is 17.1 Å². The van der Waals surface area contributed by atoms with Crippen molar-refractivity contribution in [2.75, 3.05) is 13.7 Å². The quantitative estimate of drug-likeness (QED) is 0.650. The highest BCUT2D eigenvalue weighted by Crippen LogP contribution is 2.15. The molecule has 0 aliphatic carbocycles. The van der Waals surface area contributed by atoms with Crippen molar-refractivity contribution in [2.45, 2.75) is 6.54 Å². The Morgan fingerprint density at radius 3 is 3.11 bits per heavy atom. The number of hydrogen-bond acceptors (Lipinski definition) is 4. The van der Waals surface area contributed by atoms with E-state index in [2.05, 4.69) is 9.72 Å². The van der Waals surface area contributed by atoms with Gasteiger partial charge in [0.1, 0.15) is 0 Å². The van der Waals surface area contributed by atoms with Gasteiger partial charge in [0.15, 0.2) is 0 Å². The first kappa shape index (κ1) is 12.3. The van der Waals surface area contributed by atoms with Gasteiger partial charge in [-0.25, -0.2) is 9.78 Å². The standard InChI is InChI=1S/C13H14N2O3/c1-18-13(17)5-3-10-2-4-12-11(8-10)14-9-15(12)6-7-16/h2-5,8-9,16H,6-7H2,1H3. The molecule has 0 amide bonds. The van der Waals surface area contributed by atoms with E-state index in [1.54, 1.807) is 12.4 Å². The van der Waals surface area contributed by atoms with Crippen molar-refractivity contribution in [3.8, 4) is 0 Å². The third kappa shape index (κ3) is 2.57. The van der Waals surface area contributed by atoms with Gasteiger partial charge >= 0.3 is 5.97 Å². The van der Waals surface area contributed by atoms with E-state index in [4.69, 9.17) is 5.11 Å². The van der Waals surface area contributed by atoms with Gasteiger partial charge in [0, 0.05) is 12.6 Å². The molecule has 1 aromatic carbocycles. The summed E-state index contributed by atoms with van der Waals surface area (Å²) in [6.07, 6.45) is 4.73. The van der Waals surface area contributed by atoms with Crippen LogP contribution in [0, 0.1) is 0 Å².